The van der Waals surface area contributed by atoms with Gasteiger partial charge in [0, 0.05) is 25.4 Å². The van der Waals surface area contributed by atoms with Gasteiger partial charge >= 0.3 is 6.09 Å². The van der Waals surface area contributed by atoms with E-state index in [1.54, 1.807) is 11.0 Å². The third-order valence-corrected chi connectivity index (χ3v) is 3.20. The summed E-state index contributed by atoms with van der Waals surface area (Å²) in [7, 11) is 0. The van der Waals surface area contributed by atoms with Crippen LogP contribution in [-0.4, -0.2) is 35.5 Å². The van der Waals surface area contributed by atoms with E-state index in [0.29, 0.717) is 25.3 Å². The lowest BCUT2D eigenvalue weighted by atomic mass is 9.90. The summed E-state index contributed by atoms with van der Waals surface area (Å²) in [5.41, 5.74) is -0.465. The predicted molar refractivity (Wildman–Crippen MR) is 75.0 cm³/mol. The van der Waals surface area contributed by atoms with Crippen LogP contribution < -0.4 is 0 Å². The molecule has 1 fully saturated rings. The zero-order valence-electron chi connectivity index (χ0n) is 12.3. The first-order chi connectivity index (χ1) is 8.83. The zero-order chi connectivity index (χ0) is 14.5. The average Bonchev–Trinajstić information content (AvgIpc) is 2.34. The lowest BCUT2D eigenvalue weighted by Crippen LogP contribution is -2.42. The van der Waals surface area contributed by atoms with Crippen LogP contribution in [0, 0.1) is 5.92 Å². The molecule has 0 bridgehead atoms. The molecule has 0 aromatic heterocycles. The van der Waals surface area contributed by atoms with E-state index in [-0.39, 0.29) is 12.0 Å². The summed E-state index contributed by atoms with van der Waals surface area (Å²) in [5.74, 6) is 0.391. The highest BCUT2D eigenvalue weighted by Gasteiger charge is 2.29. The van der Waals surface area contributed by atoms with E-state index >= 15 is 0 Å². The number of hydrogen-bond acceptors (Lipinski definition) is 3. The number of ether oxygens (including phenoxy) is 1. The van der Waals surface area contributed by atoms with E-state index < -0.39 is 5.60 Å². The molecule has 1 saturated heterocycles. The molecule has 1 aliphatic rings. The summed E-state index contributed by atoms with van der Waals surface area (Å²) in [6.45, 7) is 10.4. The third kappa shape index (κ3) is 5.45. The largest absolute Gasteiger partial charge is 0.444 e. The lowest BCUT2D eigenvalue weighted by Gasteiger charge is -2.32. The molecule has 1 rings (SSSR count). The van der Waals surface area contributed by atoms with Crippen molar-refractivity contribution in [3.8, 4) is 0 Å². The second kappa shape index (κ2) is 6.73. The molecule has 1 amide bonds. The molecule has 19 heavy (non-hydrogen) atoms. The number of ketones is 1. The molecule has 4 heteroatoms. The SMILES string of the molecule is C=CCCC(=O)C1CCN(C(=O)OC(C)(C)C)CC1. The number of likely N-dealkylation sites (tertiary alicyclic amines) is 1. The van der Waals surface area contributed by atoms with Crippen LogP contribution in [0.3, 0.4) is 0 Å². The Morgan fingerprint density at radius 3 is 2.37 bits per heavy atom. The topological polar surface area (TPSA) is 46.6 Å². The summed E-state index contributed by atoms with van der Waals surface area (Å²) in [6, 6.07) is 0. The van der Waals surface area contributed by atoms with Crippen molar-refractivity contribution in [2.75, 3.05) is 13.1 Å². The second-order valence-electron chi connectivity index (χ2n) is 6.04. The number of piperidine rings is 1. The molecule has 4 nitrogen and oxygen atoms in total. The van der Waals surface area contributed by atoms with Crippen molar-refractivity contribution in [2.24, 2.45) is 5.92 Å². The van der Waals surface area contributed by atoms with Gasteiger partial charge in [0.15, 0.2) is 0 Å². The number of Topliss-reactive ketones (excluding diaryl/α,β-unsaturated/α-hetero) is 1. The summed E-state index contributed by atoms with van der Waals surface area (Å²) in [5, 5.41) is 0. The van der Waals surface area contributed by atoms with Gasteiger partial charge in [-0.15, -0.1) is 6.58 Å². The maximum absolute atomic E-state index is 11.9. The van der Waals surface area contributed by atoms with E-state index in [9.17, 15) is 9.59 Å². The molecule has 1 aliphatic heterocycles. The predicted octanol–water partition coefficient (Wildman–Crippen LogP) is 3.17. The van der Waals surface area contributed by atoms with Gasteiger partial charge in [-0.1, -0.05) is 6.08 Å². The standard InChI is InChI=1S/C15H25NO3/c1-5-6-7-13(17)12-8-10-16(11-9-12)14(18)19-15(2,3)4/h5,12H,1,6-11H2,2-4H3. The molecular formula is C15H25NO3. The van der Waals surface area contributed by atoms with Crippen molar-refractivity contribution < 1.29 is 14.3 Å². The Bertz CT molecular complexity index is 336. The van der Waals surface area contributed by atoms with E-state index in [1.165, 1.54) is 0 Å². The average molecular weight is 267 g/mol. The van der Waals surface area contributed by atoms with Gasteiger partial charge in [-0.25, -0.2) is 4.79 Å². The second-order valence-corrected chi connectivity index (χ2v) is 6.04. The van der Waals surface area contributed by atoms with Gasteiger partial charge in [0.05, 0.1) is 0 Å². The fourth-order valence-corrected chi connectivity index (χ4v) is 2.16. The Hall–Kier alpha value is -1.32. The van der Waals surface area contributed by atoms with Crippen LogP contribution in [0.25, 0.3) is 0 Å². The highest BCUT2D eigenvalue weighted by molar-refractivity contribution is 5.81. The van der Waals surface area contributed by atoms with E-state index in [1.807, 2.05) is 20.8 Å². The lowest BCUT2D eigenvalue weighted by molar-refractivity contribution is -0.124. The van der Waals surface area contributed by atoms with Crippen LogP contribution in [0.15, 0.2) is 12.7 Å². The van der Waals surface area contributed by atoms with Crippen molar-refractivity contribution in [3.05, 3.63) is 12.7 Å². The normalized spacial score (nSPS) is 17.1. The van der Waals surface area contributed by atoms with E-state index in [4.69, 9.17) is 4.74 Å². The van der Waals surface area contributed by atoms with Crippen LogP contribution in [0.1, 0.15) is 46.5 Å². The minimum Gasteiger partial charge on any atom is -0.444 e. The van der Waals surface area contributed by atoms with Crippen molar-refractivity contribution in [3.63, 3.8) is 0 Å². The number of rotatable bonds is 4. The highest BCUT2D eigenvalue weighted by atomic mass is 16.6. The molecule has 0 radical (unpaired) electrons. The number of hydrogen-bond donors (Lipinski definition) is 0. The maximum atomic E-state index is 11.9. The van der Waals surface area contributed by atoms with Gasteiger partial charge in [-0.2, -0.15) is 0 Å². The van der Waals surface area contributed by atoms with Crippen molar-refractivity contribution >= 4 is 11.9 Å². The van der Waals surface area contributed by atoms with Crippen molar-refractivity contribution in [1.82, 2.24) is 4.90 Å². The number of nitrogens with zero attached hydrogens (tertiary/aromatic N) is 1. The quantitative estimate of drug-likeness (QED) is 0.735. The smallest absolute Gasteiger partial charge is 0.410 e. The molecule has 1 heterocycles. The fraction of sp³-hybridized carbons (Fsp3) is 0.733. The first-order valence-corrected chi connectivity index (χ1v) is 6.95. The van der Waals surface area contributed by atoms with Gasteiger partial charge in [0.2, 0.25) is 0 Å². The van der Waals surface area contributed by atoms with Gasteiger partial charge < -0.3 is 9.64 Å². The van der Waals surface area contributed by atoms with E-state index in [0.717, 1.165) is 19.3 Å². The summed E-state index contributed by atoms with van der Waals surface area (Å²) < 4.78 is 5.33. The molecule has 108 valence electrons. The van der Waals surface area contributed by atoms with Crippen LogP contribution in [0.2, 0.25) is 0 Å². The van der Waals surface area contributed by atoms with E-state index in [2.05, 4.69) is 6.58 Å². The molecular weight excluding hydrogens is 242 g/mol. The van der Waals surface area contributed by atoms with Crippen LogP contribution in [0.4, 0.5) is 4.79 Å². The Labute approximate surface area is 115 Å². The Kier molecular flexibility index (Phi) is 5.58. The highest BCUT2D eigenvalue weighted by Crippen LogP contribution is 2.21. The number of carbonyl (C=O) groups is 2. The Morgan fingerprint density at radius 2 is 1.89 bits per heavy atom. The fourth-order valence-electron chi connectivity index (χ4n) is 2.16. The number of allylic oxidation sites excluding steroid dienone is 1. The van der Waals surface area contributed by atoms with Crippen LogP contribution in [0.5, 0.6) is 0 Å². The summed E-state index contributed by atoms with van der Waals surface area (Å²) >= 11 is 0. The summed E-state index contributed by atoms with van der Waals surface area (Å²) in [6.07, 6.45) is 4.30. The molecule has 0 atom stereocenters. The van der Waals surface area contributed by atoms with Crippen LogP contribution in [-0.2, 0) is 9.53 Å². The van der Waals surface area contributed by atoms with Crippen LogP contribution >= 0.6 is 0 Å². The Morgan fingerprint density at radius 1 is 1.32 bits per heavy atom. The van der Waals surface area contributed by atoms with Crippen molar-refractivity contribution in [1.29, 1.82) is 0 Å². The monoisotopic (exact) mass is 267 g/mol. The Balaban J connectivity index is 2.38. The number of carbonyl (C=O) groups excluding carboxylic acids is 2. The first kappa shape index (κ1) is 15.7. The minimum atomic E-state index is -0.465. The van der Waals surface area contributed by atoms with Crippen molar-refractivity contribution in [2.45, 2.75) is 52.1 Å². The summed E-state index contributed by atoms with van der Waals surface area (Å²) in [4.78, 5) is 25.4. The minimum absolute atomic E-state index is 0.0960. The molecule has 0 aromatic rings. The number of amides is 1. The molecule has 0 aromatic carbocycles. The molecule has 0 N–H and O–H groups in total. The maximum Gasteiger partial charge on any atom is 0.410 e. The molecule has 0 saturated carbocycles. The molecule has 0 aliphatic carbocycles. The molecule has 0 spiro atoms. The first-order valence-electron chi connectivity index (χ1n) is 6.95. The van der Waals surface area contributed by atoms with Gasteiger partial charge in [0.25, 0.3) is 0 Å². The molecule has 0 unspecified atom stereocenters. The van der Waals surface area contributed by atoms with Gasteiger partial charge in [-0.05, 0) is 40.0 Å². The zero-order valence-corrected chi connectivity index (χ0v) is 12.3. The van der Waals surface area contributed by atoms with Gasteiger partial charge in [-0.3, -0.25) is 4.79 Å². The third-order valence-electron chi connectivity index (χ3n) is 3.20. The van der Waals surface area contributed by atoms with Gasteiger partial charge in [0.1, 0.15) is 11.4 Å².